The third kappa shape index (κ3) is 5.14. The van der Waals surface area contributed by atoms with Crippen LogP contribution in [0.4, 0.5) is 11.4 Å². The van der Waals surface area contributed by atoms with E-state index in [4.69, 9.17) is 11.5 Å². The number of phenolic OH excluding ortho intramolecular Hbond substituents is 1. The molecule has 0 aliphatic heterocycles. The van der Waals surface area contributed by atoms with Crippen LogP contribution in [0.3, 0.4) is 0 Å². The van der Waals surface area contributed by atoms with E-state index in [9.17, 15) is 13.5 Å². The van der Waals surface area contributed by atoms with Gasteiger partial charge in [0.2, 0.25) is 0 Å². The highest BCUT2D eigenvalue weighted by Gasteiger charge is 2.22. The molecule has 0 heterocycles. The maximum atomic E-state index is 13.0. The summed E-state index contributed by atoms with van der Waals surface area (Å²) in [4.78, 5) is 0.135. The van der Waals surface area contributed by atoms with E-state index >= 15 is 0 Å². The zero-order chi connectivity index (χ0) is 20.2. The summed E-state index contributed by atoms with van der Waals surface area (Å²) in [5.41, 5.74) is 13.5. The number of anilines is 2. The van der Waals surface area contributed by atoms with Crippen molar-refractivity contribution in [3.8, 4) is 5.75 Å². The van der Waals surface area contributed by atoms with Crippen molar-refractivity contribution in [1.82, 2.24) is 0 Å². The summed E-state index contributed by atoms with van der Waals surface area (Å²) in [6.07, 6.45) is 1.11. The van der Waals surface area contributed by atoms with Gasteiger partial charge >= 0.3 is 0 Å². The predicted octanol–water partition coefficient (Wildman–Crippen LogP) is 3.11. The highest BCUT2D eigenvalue weighted by Crippen LogP contribution is 2.32. The van der Waals surface area contributed by atoms with Crippen LogP contribution < -0.4 is 16.2 Å². The Morgan fingerprint density at radius 1 is 1.07 bits per heavy atom. The van der Waals surface area contributed by atoms with Gasteiger partial charge in [0.25, 0.3) is 10.0 Å². The second-order valence-electron chi connectivity index (χ2n) is 7.39. The van der Waals surface area contributed by atoms with Crippen LogP contribution in [0.1, 0.15) is 31.9 Å². The first kappa shape index (κ1) is 21.1. The number of aromatic hydroxyl groups is 1. The minimum Gasteiger partial charge on any atom is -0.505 e. The van der Waals surface area contributed by atoms with E-state index in [1.54, 1.807) is 24.3 Å². The topological polar surface area (TPSA) is 118 Å². The van der Waals surface area contributed by atoms with Gasteiger partial charge in [-0.3, -0.25) is 4.72 Å². The molecule has 1 atom stereocenters. The maximum absolute atomic E-state index is 13.0. The standard InChI is InChI=1S/C20H29N3O3S/c1-13(2)10-16-17(22)7-5-9-19(16)27(25,26)23-18-8-4-6-15(20(18)24)11-14(3)12-21/h4-9,13-14,23-24H,10-12,21-22H2,1-3H3/t14-/m1/s1. The molecule has 0 saturated carbocycles. The van der Waals surface area contributed by atoms with Crippen molar-refractivity contribution in [3.05, 3.63) is 47.5 Å². The number of nitrogen functional groups attached to an aromatic ring is 1. The summed E-state index contributed by atoms with van der Waals surface area (Å²) < 4.78 is 28.5. The number of hydrogen-bond acceptors (Lipinski definition) is 5. The molecule has 6 N–H and O–H groups in total. The molecule has 6 nitrogen and oxygen atoms in total. The smallest absolute Gasteiger partial charge is 0.262 e. The third-order valence-electron chi connectivity index (χ3n) is 4.41. The van der Waals surface area contributed by atoms with Crippen molar-refractivity contribution in [2.45, 2.75) is 38.5 Å². The molecule has 0 bridgehead atoms. The molecule has 2 aromatic carbocycles. The van der Waals surface area contributed by atoms with Gasteiger partial charge in [-0.1, -0.05) is 39.0 Å². The molecule has 2 aromatic rings. The van der Waals surface area contributed by atoms with Crippen LogP contribution in [0.15, 0.2) is 41.3 Å². The number of hydrogen-bond donors (Lipinski definition) is 4. The molecular formula is C20H29N3O3S. The van der Waals surface area contributed by atoms with Crippen LogP contribution in [-0.4, -0.2) is 20.1 Å². The van der Waals surface area contributed by atoms with Crippen LogP contribution in [-0.2, 0) is 22.9 Å². The Morgan fingerprint density at radius 2 is 1.74 bits per heavy atom. The fourth-order valence-corrected chi connectivity index (χ4v) is 4.31. The Bertz CT molecular complexity index is 895. The second kappa shape index (κ2) is 8.63. The molecule has 27 heavy (non-hydrogen) atoms. The SMILES string of the molecule is CC(C)Cc1c(N)cccc1S(=O)(=O)Nc1cccc(C[C@@H](C)CN)c1O. The summed E-state index contributed by atoms with van der Waals surface area (Å²) >= 11 is 0. The number of para-hydroxylation sites is 1. The van der Waals surface area contributed by atoms with Gasteiger partial charge in [-0.15, -0.1) is 0 Å². The molecule has 0 aromatic heterocycles. The van der Waals surface area contributed by atoms with E-state index in [2.05, 4.69) is 4.72 Å². The van der Waals surface area contributed by atoms with Gasteiger partial charge in [0, 0.05) is 5.69 Å². The van der Waals surface area contributed by atoms with Crippen LogP contribution in [0.5, 0.6) is 5.75 Å². The first-order chi connectivity index (χ1) is 12.7. The summed E-state index contributed by atoms with van der Waals surface area (Å²) in [7, 11) is -3.90. The minimum atomic E-state index is -3.90. The summed E-state index contributed by atoms with van der Waals surface area (Å²) in [5, 5.41) is 10.5. The van der Waals surface area contributed by atoms with Crippen molar-refractivity contribution >= 4 is 21.4 Å². The molecule has 0 aliphatic carbocycles. The fraction of sp³-hybridized carbons (Fsp3) is 0.400. The zero-order valence-electron chi connectivity index (χ0n) is 16.1. The second-order valence-corrected chi connectivity index (χ2v) is 9.04. The number of rotatable bonds is 8. The highest BCUT2D eigenvalue weighted by atomic mass is 32.2. The molecule has 0 spiro atoms. The first-order valence-electron chi connectivity index (χ1n) is 9.06. The van der Waals surface area contributed by atoms with E-state index in [0.717, 1.165) is 0 Å². The first-order valence-corrected chi connectivity index (χ1v) is 10.5. The van der Waals surface area contributed by atoms with Crippen molar-refractivity contribution < 1.29 is 13.5 Å². The Morgan fingerprint density at radius 3 is 2.37 bits per heavy atom. The minimum absolute atomic E-state index is 0.0734. The number of sulfonamides is 1. The van der Waals surface area contributed by atoms with E-state index in [1.165, 1.54) is 12.1 Å². The van der Waals surface area contributed by atoms with Crippen LogP contribution in [0, 0.1) is 11.8 Å². The van der Waals surface area contributed by atoms with E-state index < -0.39 is 10.0 Å². The Labute approximate surface area is 161 Å². The third-order valence-corrected chi connectivity index (χ3v) is 5.86. The Balaban J connectivity index is 2.41. The number of nitrogens with two attached hydrogens (primary N) is 2. The van der Waals surface area contributed by atoms with Gasteiger partial charge in [0.05, 0.1) is 10.6 Å². The molecular weight excluding hydrogens is 362 g/mol. The van der Waals surface area contributed by atoms with E-state index in [1.807, 2.05) is 20.8 Å². The lowest BCUT2D eigenvalue weighted by Crippen LogP contribution is -2.17. The molecule has 0 unspecified atom stereocenters. The van der Waals surface area contributed by atoms with Crippen LogP contribution in [0.2, 0.25) is 0 Å². The van der Waals surface area contributed by atoms with Gasteiger partial charge in [0.1, 0.15) is 5.75 Å². The highest BCUT2D eigenvalue weighted by molar-refractivity contribution is 7.92. The summed E-state index contributed by atoms with van der Waals surface area (Å²) in [5.74, 6) is 0.350. The number of phenols is 1. The Kier molecular flexibility index (Phi) is 6.73. The summed E-state index contributed by atoms with van der Waals surface area (Å²) in [6.45, 7) is 6.47. The van der Waals surface area contributed by atoms with E-state index in [-0.39, 0.29) is 28.2 Å². The molecule has 148 valence electrons. The molecule has 2 rings (SSSR count). The van der Waals surface area contributed by atoms with Crippen molar-refractivity contribution in [1.29, 1.82) is 0 Å². The van der Waals surface area contributed by atoms with Crippen molar-refractivity contribution in [2.75, 3.05) is 17.0 Å². The average molecular weight is 392 g/mol. The van der Waals surface area contributed by atoms with Gasteiger partial charge < -0.3 is 16.6 Å². The van der Waals surface area contributed by atoms with Crippen molar-refractivity contribution in [2.24, 2.45) is 17.6 Å². The van der Waals surface area contributed by atoms with E-state index in [0.29, 0.717) is 36.2 Å². The van der Waals surface area contributed by atoms with Crippen LogP contribution >= 0.6 is 0 Å². The van der Waals surface area contributed by atoms with Crippen molar-refractivity contribution in [3.63, 3.8) is 0 Å². The molecule has 0 aliphatic rings. The number of benzene rings is 2. The monoisotopic (exact) mass is 391 g/mol. The normalized spacial score (nSPS) is 12.9. The zero-order valence-corrected chi connectivity index (χ0v) is 16.9. The average Bonchev–Trinajstić information content (AvgIpc) is 2.59. The lowest BCUT2D eigenvalue weighted by atomic mass is 10.00. The molecule has 0 fully saturated rings. The quantitative estimate of drug-likeness (QED) is 0.407. The number of nitrogens with one attached hydrogen (secondary N) is 1. The Hall–Kier alpha value is -2.25. The predicted molar refractivity (Wildman–Crippen MR) is 110 cm³/mol. The molecule has 0 saturated heterocycles. The summed E-state index contributed by atoms with van der Waals surface area (Å²) in [6, 6.07) is 9.87. The van der Waals surface area contributed by atoms with Gasteiger partial charge in [0.15, 0.2) is 0 Å². The van der Waals surface area contributed by atoms with Gasteiger partial charge in [-0.05, 0) is 60.5 Å². The van der Waals surface area contributed by atoms with Gasteiger partial charge in [-0.25, -0.2) is 8.42 Å². The van der Waals surface area contributed by atoms with Gasteiger partial charge in [-0.2, -0.15) is 0 Å². The maximum Gasteiger partial charge on any atom is 0.262 e. The lowest BCUT2D eigenvalue weighted by molar-refractivity contribution is 0.462. The largest absolute Gasteiger partial charge is 0.505 e. The lowest BCUT2D eigenvalue weighted by Gasteiger charge is -2.17. The van der Waals surface area contributed by atoms with Crippen LogP contribution in [0.25, 0.3) is 0 Å². The molecule has 0 amide bonds. The molecule has 0 radical (unpaired) electrons. The fourth-order valence-electron chi connectivity index (χ4n) is 2.96. The molecule has 7 heteroatoms.